The number of pyridine rings is 1. The van der Waals surface area contributed by atoms with Crippen molar-refractivity contribution in [3.63, 3.8) is 0 Å². The van der Waals surface area contributed by atoms with E-state index in [1.807, 2.05) is 0 Å². The Balaban J connectivity index is 1.18. The number of aromatic nitrogens is 3. The molecule has 0 saturated heterocycles. The number of benzene rings is 5. The summed E-state index contributed by atoms with van der Waals surface area (Å²) in [6, 6.07) is 16.9. The molecule has 8 rings (SSSR count). The van der Waals surface area contributed by atoms with Crippen molar-refractivity contribution < 1.29 is 71.6 Å². The van der Waals surface area contributed by atoms with Gasteiger partial charge in [-0.05, 0) is 98.0 Å². The molecule has 1 amide bonds. The summed E-state index contributed by atoms with van der Waals surface area (Å²) in [5.41, 5.74) is 1.85. The van der Waals surface area contributed by atoms with Gasteiger partial charge in [0.05, 0.1) is 62.4 Å². The predicted octanol–water partition coefficient (Wildman–Crippen LogP) is 9.66. The van der Waals surface area contributed by atoms with E-state index in [1.165, 1.54) is 48.6 Å². The lowest BCUT2D eigenvalue weighted by molar-refractivity contribution is -0.114. The number of azo groups is 3. The molecular weight excluding hydrogens is 1150 g/mol. The quantitative estimate of drug-likeness (QED) is 0.0161. The summed E-state index contributed by atoms with van der Waals surface area (Å²) < 4.78 is 141. The number of aliphatic hydroxyl groups excluding tert-OH is 1. The van der Waals surface area contributed by atoms with Crippen LogP contribution in [0.3, 0.4) is 0 Å². The van der Waals surface area contributed by atoms with Crippen molar-refractivity contribution in [3.05, 3.63) is 89.0 Å². The summed E-state index contributed by atoms with van der Waals surface area (Å²) in [6.45, 7) is 3.53. The number of aliphatic hydroxyl groups is 1. The minimum absolute atomic E-state index is 0.0117. The number of amides is 1. The molecule has 0 aliphatic rings. The third-order valence-corrected chi connectivity index (χ3v) is 16.9. The summed E-state index contributed by atoms with van der Waals surface area (Å²) in [5.74, 6) is -1.96. The van der Waals surface area contributed by atoms with Crippen LogP contribution in [0.25, 0.3) is 37.7 Å². The largest absolute Gasteiger partial charge is 0.493 e. The first-order valence-electron chi connectivity index (χ1n) is 22.6. The van der Waals surface area contributed by atoms with Gasteiger partial charge in [0.2, 0.25) is 16.9 Å². The van der Waals surface area contributed by atoms with E-state index in [9.17, 15) is 72.2 Å². The molecule has 0 atom stereocenters. The van der Waals surface area contributed by atoms with Crippen LogP contribution in [0.5, 0.6) is 11.6 Å². The Kier molecular flexibility index (Phi) is 16.6. The third-order valence-electron chi connectivity index (χ3n) is 11.4. The van der Waals surface area contributed by atoms with Crippen molar-refractivity contribution in [3.8, 4) is 17.7 Å². The monoisotopic (exact) mass is 1200 g/mol. The number of fused-ring (bicyclic) bond motifs is 6. The number of aryl methyl sites for hydroxylation is 1. The molecule has 79 heavy (non-hydrogen) atoms. The maximum Gasteiger partial charge on any atom is 0.296 e. The SMILES string of the molecule is CC(=O)Nc1ccc2c(c1)nc1c(C#N)c(C)c(N=Nc3cc(C)c(N=Nc4cc(CO)c(N=Nc5nc6c(S(=O)(=O)O)cc7ccc(S(=O)(=O)O)cc7c6s5)cc4SCCCS(=O)(=O)O)cc3OCCCS(=O)(=O)O)c(O)n12. The second kappa shape index (κ2) is 22.7. The standard InChI is InChI=1S/C46H41N11O16S6/c1-23-14-35(53-55-41-24(2)31(21-47)44-49-34-17-28(48-25(3)59)7-9-37(34)57(44)45(41)60)38(73-10-4-12-76(61,62)63)19-32(23)51-54-36-15-27(22-58)33(20-39(36)74-11-5-13-77(64,65)66)52-56-46-50-42-40(79(70,71)72)16-26-6-8-29(78(67,68)69)18-30(26)43(42)75-46/h6-9,14-20,58,60H,4-5,10-13,22H2,1-3H3,(H,48,59)(H,61,62,63)(H,64,65,66)(H,67,68,69)(H,70,71,72). The zero-order valence-corrected chi connectivity index (χ0v) is 45.9. The van der Waals surface area contributed by atoms with Crippen molar-refractivity contribution in [1.82, 2.24) is 14.4 Å². The molecule has 0 fully saturated rings. The van der Waals surface area contributed by atoms with Gasteiger partial charge in [0.1, 0.15) is 33.5 Å². The summed E-state index contributed by atoms with van der Waals surface area (Å²) >= 11 is 1.81. The molecular formula is C46H41N11O16S6. The van der Waals surface area contributed by atoms with Gasteiger partial charge in [0, 0.05) is 40.1 Å². The topological polar surface area (TPSA) is 424 Å². The van der Waals surface area contributed by atoms with Crippen molar-refractivity contribution in [2.24, 2.45) is 30.7 Å². The average Bonchev–Trinajstić information content (AvgIpc) is 4.03. The van der Waals surface area contributed by atoms with E-state index in [0.29, 0.717) is 27.2 Å². The molecule has 5 aromatic carbocycles. The van der Waals surface area contributed by atoms with Crippen LogP contribution in [0.1, 0.15) is 42.0 Å². The zero-order valence-electron chi connectivity index (χ0n) is 41.0. The molecule has 8 aromatic rings. The molecule has 0 bridgehead atoms. The normalized spacial score (nSPS) is 12.8. The van der Waals surface area contributed by atoms with Crippen LogP contribution in [0, 0.1) is 25.2 Å². The highest BCUT2D eigenvalue weighted by molar-refractivity contribution is 7.99. The van der Waals surface area contributed by atoms with Crippen molar-refractivity contribution in [1.29, 1.82) is 5.26 Å². The van der Waals surface area contributed by atoms with E-state index in [4.69, 9.17) is 4.74 Å². The zero-order chi connectivity index (χ0) is 57.4. The van der Waals surface area contributed by atoms with Crippen LogP contribution in [-0.2, 0) is 51.9 Å². The molecule has 7 N–H and O–H groups in total. The summed E-state index contributed by atoms with van der Waals surface area (Å²) in [7, 11) is -18.3. The molecule has 412 valence electrons. The Bertz CT molecular complexity index is 4440. The van der Waals surface area contributed by atoms with Crippen LogP contribution in [0.15, 0.2) is 112 Å². The number of thiazole rings is 1. The van der Waals surface area contributed by atoms with E-state index in [-0.39, 0.29) is 114 Å². The lowest BCUT2D eigenvalue weighted by Crippen LogP contribution is -2.08. The third kappa shape index (κ3) is 13.3. The second-order valence-corrected chi connectivity index (χ2v) is 25.2. The van der Waals surface area contributed by atoms with Gasteiger partial charge in [0.15, 0.2) is 11.3 Å². The molecule has 0 saturated carbocycles. The number of nitrogens with zero attached hydrogens (tertiary/aromatic N) is 10. The maximum absolute atomic E-state index is 12.5. The van der Waals surface area contributed by atoms with Crippen LogP contribution in [0.4, 0.5) is 39.3 Å². The van der Waals surface area contributed by atoms with Gasteiger partial charge in [-0.3, -0.25) is 27.4 Å². The van der Waals surface area contributed by atoms with Gasteiger partial charge in [-0.1, -0.05) is 17.4 Å². The lowest BCUT2D eigenvalue weighted by atomic mass is 10.1. The smallest absolute Gasteiger partial charge is 0.296 e. The summed E-state index contributed by atoms with van der Waals surface area (Å²) in [5, 5.41) is 61.2. The number of hydrogen-bond donors (Lipinski definition) is 7. The van der Waals surface area contributed by atoms with Gasteiger partial charge in [-0.2, -0.15) is 44.0 Å². The molecule has 0 spiro atoms. The minimum atomic E-state index is -4.91. The number of rotatable bonds is 20. The van der Waals surface area contributed by atoms with E-state index in [2.05, 4.69) is 52.0 Å². The fourth-order valence-corrected chi connectivity index (χ4v) is 12.1. The Morgan fingerprint density at radius 2 is 1.49 bits per heavy atom. The number of carbonyl (C=O) groups excluding carboxylic acids is 1. The number of aromatic hydroxyl groups is 1. The lowest BCUT2D eigenvalue weighted by Gasteiger charge is -2.12. The number of carbonyl (C=O) groups is 1. The molecule has 0 aliphatic carbocycles. The van der Waals surface area contributed by atoms with Crippen LogP contribution >= 0.6 is 23.1 Å². The molecule has 0 aliphatic heterocycles. The Morgan fingerprint density at radius 1 is 0.797 bits per heavy atom. The molecule has 33 heteroatoms. The minimum Gasteiger partial charge on any atom is -0.493 e. The van der Waals surface area contributed by atoms with E-state index < -0.39 is 74.3 Å². The fourth-order valence-electron chi connectivity index (χ4n) is 7.82. The average molecular weight is 1200 g/mol. The van der Waals surface area contributed by atoms with Crippen molar-refractivity contribution >= 4 is 146 Å². The Morgan fingerprint density at radius 3 is 2.16 bits per heavy atom. The van der Waals surface area contributed by atoms with Gasteiger partial charge in [-0.15, -0.1) is 37.3 Å². The van der Waals surface area contributed by atoms with Crippen LogP contribution in [-0.4, -0.2) is 106 Å². The molecule has 3 heterocycles. The van der Waals surface area contributed by atoms with Crippen LogP contribution < -0.4 is 10.1 Å². The number of nitriles is 1. The van der Waals surface area contributed by atoms with Crippen molar-refractivity contribution in [2.75, 3.05) is 29.2 Å². The highest BCUT2D eigenvalue weighted by atomic mass is 32.2. The van der Waals surface area contributed by atoms with Crippen molar-refractivity contribution in [2.45, 2.75) is 54.9 Å². The number of imidazole rings is 1. The first kappa shape index (κ1) is 57.7. The van der Waals surface area contributed by atoms with E-state index in [0.717, 1.165) is 41.3 Å². The maximum atomic E-state index is 12.5. The number of nitrogens with one attached hydrogen (secondary N) is 1. The number of ether oxygens (including phenoxy) is 1. The van der Waals surface area contributed by atoms with Crippen LogP contribution in [0.2, 0.25) is 0 Å². The van der Waals surface area contributed by atoms with E-state index >= 15 is 0 Å². The molecule has 0 unspecified atom stereocenters. The molecule has 0 radical (unpaired) electrons. The highest BCUT2D eigenvalue weighted by Crippen LogP contribution is 2.44. The van der Waals surface area contributed by atoms with E-state index in [1.54, 1.807) is 25.1 Å². The predicted molar refractivity (Wildman–Crippen MR) is 289 cm³/mol. The first-order valence-corrected chi connectivity index (χ1v) is 30.5. The molecule has 27 nitrogen and oxygen atoms in total. The number of hydrogen-bond acceptors (Lipinski definition) is 23. The molecule has 3 aromatic heterocycles. The van der Waals surface area contributed by atoms with Gasteiger partial charge in [0.25, 0.3) is 40.5 Å². The number of thioether (sulfide) groups is 1. The summed E-state index contributed by atoms with van der Waals surface area (Å²) in [4.78, 5) is 19.6. The highest BCUT2D eigenvalue weighted by Gasteiger charge is 2.24. The van der Waals surface area contributed by atoms with Gasteiger partial charge >= 0.3 is 0 Å². The Hall–Kier alpha value is -7.49. The fraction of sp³-hybridized carbons (Fsp3) is 0.217. The number of anilines is 1. The van der Waals surface area contributed by atoms with Gasteiger partial charge in [-0.25, -0.2) is 9.97 Å². The Labute approximate surface area is 456 Å². The first-order chi connectivity index (χ1) is 37.1. The second-order valence-electron chi connectivity index (χ2n) is 17.1. The summed E-state index contributed by atoms with van der Waals surface area (Å²) in [6.07, 6.45) is -0.214. The van der Waals surface area contributed by atoms with Gasteiger partial charge < -0.3 is 20.3 Å².